The van der Waals surface area contributed by atoms with Crippen LogP contribution in [0.3, 0.4) is 0 Å². The number of benzene rings is 3. The van der Waals surface area contributed by atoms with E-state index >= 15 is 0 Å². The van der Waals surface area contributed by atoms with Crippen LogP contribution < -0.4 is 42.8 Å². The second kappa shape index (κ2) is 49.7. The third-order valence-corrected chi connectivity index (χ3v) is 15.1. The molecule has 4 aromatic rings. The summed E-state index contributed by atoms with van der Waals surface area (Å²) in [5, 5.41) is 14.3. The molecule has 1 atom stereocenters. The summed E-state index contributed by atoms with van der Waals surface area (Å²) >= 11 is 0. The highest BCUT2D eigenvalue weighted by molar-refractivity contribution is 7.85. The molecule has 1 aromatic heterocycles. The van der Waals surface area contributed by atoms with Crippen molar-refractivity contribution in [1.82, 2.24) is 36.3 Å². The molecule has 7 amide bonds. The smallest absolute Gasteiger partial charge is 0.407 e. The van der Waals surface area contributed by atoms with Crippen molar-refractivity contribution in [2.75, 3.05) is 164 Å². The lowest BCUT2D eigenvalue weighted by Gasteiger charge is -2.21. The predicted octanol–water partition coefficient (Wildman–Crippen LogP) is 3.88. The van der Waals surface area contributed by atoms with E-state index in [9.17, 15) is 59.5 Å². The molecule has 0 radical (unpaired) electrons. The van der Waals surface area contributed by atoms with Crippen molar-refractivity contribution in [2.45, 2.75) is 76.5 Å². The number of primary amides is 1. The lowest BCUT2D eigenvalue weighted by molar-refractivity contribution is -0.180. The first-order chi connectivity index (χ1) is 51.1. The van der Waals surface area contributed by atoms with E-state index in [-0.39, 0.29) is 117 Å². The van der Waals surface area contributed by atoms with Gasteiger partial charge in [0.1, 0.15) is 24.3 Å². The number of esters is 1. The van der Waals surface area contributed by atoms with E-state index in [0.29, 0.717) is 125 Å². The highest BCUT2D eigenvalue weighted by Gasteiger charge is 2.34. The fourth-order valence-corrected chi connectivity index (χ4v) is 9.72. The van der Waals surface area contributed by atoms with Crippen LogP contribution in [-0.4, -0.2) is 240 Å². The summed E-state index contributed by atoms with van der Waals surface area (Å²) in [5.41, 5.74) is 15.6. The standard InChI is InChI=1S/C67H91F4N11O23S/c1-3-16-82(104-4-2)65(87)48-37-47-10-9-46(38-52(47)80-53(72)39-48)49-40-75-54(76-41-49)42-78-67(89)103-44-45-7-11-50(12-8-45)79-64(86)51(6-5-15-74-66(73)88)81-56(84)43-77-55(83)13-17-93-19-21-95-23-25-97-27-29-99-31-33-101-35-36-102-34-32-100-30-28-98-26-24-96-22-20-94-18-14-57(85)105-62-58(68)60(70)63(106(90,91)92)61(71)59(62)69/h7-12,37-38,40-41,51H,3-6,13-36,39,42-44H2,1-2H3,(H2,72,80)(H,77,83)(H,78,89)(H,79,86)(H,81,84)(H3,73,74,88)(H,90,91,92). The summed E-state index contributed by atoms with van der Waals surface area (Å²) in [5.74, 6) is -14.1. The number of alkyl carbamates (subject to hydrolysis) is 1. The number of anilines is 1. The molecule has 0 bridgehead atoms. The number of nitrogens with one attached hydrogen (secondary N) is 5. The number of hydrogen-bond acceptors (Lipinski definition) is 26. The summed E-state index contributed by atoms with van der Waals surface area (Å²) < 4.78 is 150. The Morgan fingerprint density at radius 3 is 1.66 bits per heavy atom. The molecule has 586 valence electrons. The van der Waals surface area contributed by atoms with Crippen molar-refractivity contribution in [3.8, 4) is 16.9 Å². The average molecular weight is 1530 g/mol. The number of fused-ring (bicyclic) bond motifs is 1. The van der Waals surface area contributed by atoms with Gasteiger partial charge in [-0.15, -0.1) is 0 Å². The summed E-state index contributed by atoms with van der Waals surface area (Å²) in [6, 6.07) is 10.2. The van der Waals surface area contributed by atoms with Crippen molar-refractivity contribution in [3.63, 3.8) is 0 Å². The maximum Gasteiger partial charge on any atom is 0.407 e. The molecule has 0 saturated carbocycles. The highest BCUT2D eigenvalue weighted by atomic mass is 32.2. The van der Waals surface area contributed by atoms with Gasteiger partial charge in [0.25, 0.3) is 5.91 Å². The zero-order valence-corrected chi connectivity index (χ0v) is 59.6. The molecule has 0 saturated heterocycles. The molecule has 1 aliphatic rings. The molecule has 1 aliphatic heterocycles. The van der Waals surface area contributed by atoms with Crippen LogP contribution in [0, 0.1) is 23.3 Å². The minimum atomic E-state index is -5.67. The Morgan fingerprint density at radius 2 is 1.16 bits per heavy atom. The second-order valence-electron chi connectivity index (χ2n) is 22.4. The molecule has 0 fully saturated rings. The van der Waals surface area contributed by atoms with E-state index in [1.54, 1.807) is 42.7 Å². The molecule has 3 aromatic carbocycles. The number of halogens is 4. The Balaban J connectivity index is 0.803. The van der Waals surface area contributed by atoms with Gasteiger partial charge in [0.05, 0.1) is 164 Å². The van der Waals surface area contributed by atoms with Gasteiger partial charge in [0, 0.05) is 60.7 Å². The van der Waals surface area contributed by atoms with Gasteiger partial charge >= 0.3 is 28.2 Å². The fraction of sp³-hybridized carbons (Fsp3) is 0.522. The Labute approximate surface area is 609 Å². The molecule has 0 spiro atoms. The van der Waals surface area contributed by atoms with Crippen molar-refractivity contribution >= 4 is 75.1 Å². The maximum absolute atomic E-state index is 14.0. The maximum atomic E-state index is 14.0. The molecule has 10 N–H and O–H groups in total. The van der Waals surface area contributed by atoms with Gasteiger partial charge in [-0.2, -0.15) is 17.2 Å². The molecule has 106 heavy (non-hydrogen) atoms. The van der Waals surface area contributed by atoms with E-state index in [1.165, 1.54) is 5.06 Å². The van der Waals surface area contributed by atoms with Gasteiger partial charge in [0.15, 0.2) is 16.5 Å². The first-order valence-electron chi connectivity index (χ1n) is 33.7. The van der Waals surface area contributed by atoms with Crippen molar-refractivity contribution in [2.24, 2.45) is 16.5 Å². The number of hydroxylamine groups is 2. The number of nitrogens with zero attached hydrogens (tertiary/aromatic N) is 4. The van der Waals surface area contributed by atoms with Crippen LogP contribution in [0.2, 0.25) is 0 Å². The molecule has 39 heteroatoms. The van der Waals surface area contributed by atoms with Gasteiger partial charge in [-0.05, 0) is 61.6 Å². The molecule has 1 unspecified atom stereocenters. The van der Waals surface area contributed by atoms with Crippen molar-refractivity contribution in [1.29, 1.82) is 0 Å². The van der Waals surface area contributed by atoms with E-state index in [0.717, 1.165) is 12.0 Å². The number of aromatic nitrogens is 2. The first-order valence-corrected chi connectivity index (χ1v) is 35.2. The molecule has 5 rings (SSSR count). The molecular formula is C67H91F4N11O23S. The second-order valence-corrected chi connectivity index (χ2v) is 23.7. The first kappa shape index (κ1) is 87.7. The van der Waals surface area contributed by atoms with E-state index < -0.39 is 98.9 Å². The molecular weight excluding hydrogens is 1430 g/mol. The van der Waals surface area contributed by atoms with Gasteiger partial charge in [0.2, 0.25) is 35.1 Å². The van der Waals surface area contributed by atoms with Crippen LogP contribution in [0.25, 0.3) is 17.2 Å². The largest absolute Gasteiger partial charge is 0.445 e. The Kier molecular flexibility index (Phi) is 41.1. The minimum absolute atomic E-state index is 0.000587. The lowest BCUT2D eigenvalue weighted by Crippen LogP contribution is -2.47. The highest BCUT2D eigenvalue weighted by Crippen LogP contribution is 2.34. The summed E-state index contributed by atoms with van der Waals surface area (Å²) in [7, 11) is -5.67. The lowest BCUT2D eigenvalue weighted by atomic mass is 10.0. The van der Waals surface area contributed by atoms with Crippen LogP contribution in [0.5, 0.6) is 5.75 Å². The monoisotopic (exact) mass is 1530 g/mol. The normalized spacial score (nSPS) is 12.3. The SMILES string of the molecule is CCCN(OCC)C(=O)C1=Cc2ccc(-c3cnc(CNC(=O)OCc4ccc(NC(=O)C(CCCNC(N)=O)NC(=O)CNC(=O)CCOCCOCCOCCOCCOCCOCCOCCOCCOCCOCCC(=O)Oc5c(F)c(F)c(S(=O)(=O)O)c(F)c5F)cc4)nc3)cc2N=C(N)C1. The van der Waals surface area contributed by atoms with E-state index in [1.807, 2.05) is 32.0 Å². The van der Waals surface area contributed by atoms with Gasteiger partial charge in [-0.25, -0.2) is 38.4 Å². The zero-order valence-electron chi connectivity index (χ0n) is 58.8. The molecule has 34 nitrogen and oxygen atoms in total. The number of nitrogens with two attached hydrogens (primary N) is 2. The van der Waals surface area contributed by atoms with Crippen LogP contribution in [0.1, 0.15) is 69.3 Å². The number of hydrogen-bond donors (Lipinski definition) is 8. The minimum Gasteiger partial charge on any atom is -0.445 e. The topological polar surface area (TPSA) is 447 Å². The van der Waals surface area contributed by atoms with Crippen molar-refractivity contribution < 1.29 is 126 Å². The van der Waals surface area contributed by atoms with E-state index in [4.69, 9.17) is 73.0 Å². The Hall–Kier alpha value is -8.97. The van der Waals surface area contributed by atoms with Crippen LogP contribution >= 0.6 is 0 Å². The number of rotatable bonds is 54. The summed E-state index contributed by atoms with van der Waals surface area (Å²) in [4.78, 5) is 104. The Morgan fingerprint density at radius 1 is 0.642 bits per heavy atom. The summed E-state index contributed by atoms with van der Waals surface area (Å²) in [6.07, 6.45) is 4.89. The average Bonchev–Trinajstić information content (AvgIpc) is 0.846. The number of amides is 7. The number of ether oxygens (including phenoxy) is 12. The van der Waals surface area contributed by atoms with E-state index in [2.05, 4.69) is 46.3 Å². The number of carbonyl (C=O) groups is 7. The van der Waals surface area contributed by atoms with Gasteiger partial charge < -0.3 is 94.9 Å². The Bertz CT molecular complexity index is 3580. The third kappa shape index (κ3) is 34.1. The van der Waals surface area contributed by atoms with Gasteiger partial charge in [-0.1, -0.05) is 31.2 Å². The molecule has 0 aliphatic carbocycles. The third-order valence-electron chi connectivity index (χ3n) is 14.2. The zero-order chi connectivity index (χ0) is 76.9. The number of aliphatic imine (C=N–C) groups is 1. The van der Waals surface area contributed by atoms with Crippen LogP contribution in [-0.2, 0) is 104 Å². The summed E-state index contributed by atoms with van der Waals surface area (Å²) in [6.45, 7) is 8.85. The van der Waals surface area contributed by atoms with Crippen molar-refractivity contribution in [3.05, 3.63) is 101 Å². The number of carbonyl (C=O) groups excluding carboxylic acids is 7. The quantitative estimate of drug-likeness (QED) is 0.00591. The van der Waals surface area contributed by atoms with Crippen LogP contribution in [0.15, 0.2) is 70.3 Å². The number of urea groups is 1. The number of amidine groups is 1. The fourth-order valence-electron chi connectivity index (χ4n) is 9.08. The molecule has 2 heterocycles. The van der Waals surface area contributed by atoms with Gasteiger partial charge in [-0.3, -0.25) is 33.4 Å². The predicted molar refractivity (Wildman–Crippen MR) is 368 cm³/mol. The van der Waals surface area contributed by atoms with Crippen LogP contribution in [0.4, 0.5) is 38.5 Å².